The van der Waals surface area contributed by atoms with E-state index in [0.29, 0.717) is 12.0 Å². The molecule has 1 aromatic carbocycles. The Balaban J connectivity index is 2.36. The molecule has 1 heterocycles. The van der Waals surface area contributed by atoms with Crippen LogP contribution in [0.1, 0.15) is 45.6 Å². The molecule has 0 radical (unpaired) electrons. The van der Waals surface area contributed by atoms with Gasteiger partial charge in [-0.25, -0.2) is 4.79 Å². The summed E-state index contributed by atoms with van der Waals surface area (Å²) in [5.74, 6) is -5.35. The molecule has 6 unspecified atom stereocenters. The van der Waals surface area contributed by atoms with Crippen molar-refractivity contribution in [2.45, 2.75) is 76.7 Å². The van der Waals surface area contributed by atoms with E-state index >= 15 is 0 Å². The molecule has 0 aliphatic carbocycles. The fraction of sp³-hybridized carbons (Fsp3) is 0.500. The number of aromatic amines is 1. The highest BCUT2D eigenvalue weighted by Gasteiger charge is 2.33. The minimum absolute atomic E-state index is 0.0266. The van der Waals surface area contributed by atoms with Gasteiger partial charge in [-0.1, -0.05) is 38.5 Å². The summed E-state index contributed by atoms with van der Waals surface area (Å²) < 4.78 is 0. The summed E-state index contributed by atoms with van der Waals surface area (Å²) in [6.07, 6.45) is 0.0979. The maximum atomic E-state index is 13.4. The highest BCUT2D eigenvalue weighted by atomic mass is 16.4. The van der Waals surface area contributed by atoms with Gasteiger partial charge in [0, 0.05) is 29.9 Å². The number of carbonyl (C=O) groups is 5. The van der Waals surface area contributed by atoms with E-state index < -0.39 is 72.3 Å². The van der Waals surface area contributed by atoms with Crippen molar-refractivity contribution in [2.24, 2.45) is 11.7 Å². The van der Waals surface area contributed by atoms with E-state index in [9.17, 15) is 34.2 Å². The van der Waals surface area contributed by atoms with E-state index in [1.165, 1.54) is 6.92 Å². The minimum atomic E-state index is -1.39. The van der Waals surface area contributed by atoms with Gasteiger partial charge < -0.3 is 42.0 Å². The first-order valence-electron chi connectivity index (χ1n) is 12.7. The third-order valence-electron chi connectivity index (χ3n) is 6.61. The molecule has 13 heteroatoms. The molecule has 0 spiro atoms. The number of carboxylic acid groups (broad SMARTS) is 2. The van der Waals surface area contributed by atoms with Crippen LogP contribution in [0.5, 0.6) is 0 Å². The number of benzene rings is 1. The zero-order valence-electron chi connectivity index (χ0n) is 22.1. The lowest BCUT2D eigenvalue weighted by molar-refractivity contribution is -0.143. The second kappa shape index (κ2) is 14.3. The maximum Gasteiger partial charge on any atom is 0.326 e. The van der Waals surface area contributed by atoms with Crippen molar-refractivity contribution in [3.63, 3.8) is 0 Å². The Bertz CT molecular complexity index is 1180. The van der Waals surface area contributed by atoms with Gasteiger partial charge >= 0.3 is 11.9 Å². The van der Waals surface area contributed by atoms with Crippen molar-refractivity contribution in [3.05, 3.63) is 36.0 Å². The number of aromatic nitrogens is 1. The second-order valence-corrected chi connectivity index (χ2v) is 9.59. The molecule has 0 aliphatic heterocycles. The van der Waals surface area contributed by atoms with Crippen LogP contribution in [0.4, 0.5) is 0 Å². The smallest absolute Gasteiger partial charge is 0.326 e. The number of para-hydroxylation sites is 1. The van der Waals surface area contributed by atoms with E-state index in [-0.39, 0.29) is 12.8 Å². The lowest BCUT2D eigenvalue weighted by atomic mass is 9.97. The number of aliphatic hydroxyl groups is 1. The summed E-state index contributed by atoms with van der Waals surface area (Å²) in [4.78, 5) is 65.1. The number of H-pyrrole nitrogens is 1. The Morgan fingerprint density at radius 2 is 1.56 bits per heavy atom. The van der Waals surface area contributed by atoms with Crippen molar-refractivity contribution in [2.75, 3.05) is 0 Å². The van der Waals surface area contributed by atoms with Crippen molar-refractivity contribution >= 4 is 40.6 Å². The number of rotatable bonds is 15. The number of fused-ring (bicyclic) bond motifs is 1. The summed E-state index contributed by atoms with van der Waals surface area (Å²) in [6, 6.07) is 2.05. The lowest BCUT2D eigenvalue weighted by Gasteiger charge is -2.26. The number of nitrogens with one attached hydrogen (secondary N) is 4. The zero-order chi connectivity index (χ0) is 29.3. The highest BCUT2D eigenvalue weighted by molar-refractivity contribution is 5.95. The molecular weight excluding hydrogens is 510 g/mol. The molecule has 9 N–H and O–H groups in total. The summed E-state index contributed by atoms with van der Waals surface area (Å²) in [6.45, 7) is 4.75. The highest BCUT2D eigenvalue weighted by Crippen LogP contribution is 2.20. The number of amides is 3. The topological polar surface area (TPSA) is 224 Å². The Morgan fingerprint density at radius 1 is 0.949 bits per heavy atom. The molecule has 0 saturated heterocycles. The van der Waals surface area contributed by atoms with Crippen molar-refractivity contribution in [1.82, 2.24) is 20.9 Å². The van der Waals surface area contributed by atoms with Crippen molar-refractivity contribution < 1.29 is 39.3 Å². The first-order chi connectivity index (χ1) is 18.3. The number of hydrogen-bond donors (Lipinski definition) is 8. The predicted octanol–water partition coefficient (Wildman–Crippen LogP) is -0.132. The van der Waals surface area contributed by atoms with E-state index in [1.54, 1.807) is 26.1 Å². The maximum absolute atomic E-state index is 13.4. The van der Waals surface area contributed by atoms with Gasteiger partial charge in [-0.3, -0.25) is 19.2 Å². The fourth-order valence-electron chi connectivity index (χ4n) is 3.96. The lowest BCUT2D eigenvalue weighted by Crippen LogP contribution is -2.59. The molecule has 2 aromatic rings. The van der Waals surface area contributed by atoms with Crippen LogP contribution in [0.25, 0.3) is 10.9 Å². The molecule has 2 rings (SSSR count). The summed E-state index contributed by atoms with van der Waals surface area (Å²) >= 11 is 0. The predicted molar refractivity (Wildman–Crippen MR) is 141 cm³/mol. The van der Waals surface area contributed by atoms with Crippen molar-refractivity contribution in [3.8, 4) is 0 Å². The summed E-state index contributed by atoms with van der Waals surface area (Å²) in [5, 5.41) is 36.6. The van der Waals surface area contributed by atoms with E-state index in [2.05, 4.69) is 20.9 Å². The summed E-state index contributed by atoms with van der Waals surface area (Å²) in [5.41, 5.74) is 7.11. The zero-order valence-corrected chi connectivity index (χ0v) is 22.1. The molecule has 6 atom stereocenters. The van der Waals surface area contributed by atoms with Crippen LogP contribution < -0.4 is 21.7 Å². The van der Waals surface area contributed by atoms with Crippen LogP contribution in [0.15, 0.2) is 30.5 Å². The largest absolute Gasteiger partial charge is 0.481 e. The standard InChI is InChI=1S/C26H37N5O8/c1-4-13(2)22(26(38)39)31-24(36)19(11-15-12-28-17-8-6-5-7-16(15)17)30-23(35)18(9-10-20(33)34)29-25(37)21(27)14(3)32/h5-8,12-14,18-19,21-22,28,32H,4,9-11,27H2,1-3H3,(H,29,37)(H,30,35)(H,31,36)(H,33,34)(H,38,39). The molecule has 39 heavy (non-hydrogen) atoms. The van der Waals surface area contributed by atoms with Crippen LogP contribution in [-0.2, 0) is 30.4 Å². The quantitative estimate of drug-likeness (QED) is 0.148. The Kier molecular flexibility index (Phi) is 11.4. The number of nitrogens with two attached hydrogens (primary N) is 1. The van der Waals surface area contributed by atoms with Crippen LogP contribution in [0.2, 0.25) is 0 Å². The van der Waals surface area contributed by atoms with Gasteiger partial charge in [0.25, 0.3) is 0 Å². The molecule has 0 bridgehead atoms. The van der Waals surface area contributed by atoms with E-state index in [4.69, 9.17) is 10.8 Å². The molecule has 3 amide bonds. The van der Waals surface area contributed by atoms with E-state index in [0.717, 1.165) is 10.9 Å². The van der Waals surface area contributed by atoms with Crippen LogP contribution in [0, 0.1) is 5.92 Å². The molecule has 0 saturated carbocycles. The normalized spacial score (nSPS) is 15.8. The molecule has 0 fully saturated rings. The molecule has 214 valence electrons. The molecular formula is C26H37N5O8. The second-order valence-electron chi connectivity index (χ2n) is 9.59. The van der Waals surface area contributed by atoms with Gasteiger partial charge in [0.05, 0.1) is 6.10 Å². The number of carboxylic acids is 2. The van der Waals surface area contributed by atoms with Gasteiger partial charge in [0.1, 0.15) is 24.2 Å². The molecule has 1 aromatic heterocycles. The van der Waals surface area contributed by atoms with Crippen LogP contribution in [0.3, 0.4) is 0 Å². The Morgan fingerprint density at radius 3 is 2.15 bits per heavy atom. The summed E-state index contributed by atoms with van der Waals surface area (Å²) in [7, 11) is 0. The van der Waals surface area contributed by atoms with Gasteiger partial charge in [-0.05, 0) is 30.9 Å². The third-order valence-corrected chi connectivity index (χ3v) is 6.61. The monoisotopic (exact) mass is 547 g/mol. The van der Waals surface area contributed by atoms with Crippen LogP contribution in [-0.4, -0.2) is 80.2 Å². The number of aliphatic carboxylic acids is 2. The fourth-order valence-corrected chi connectivity index (χ4v) is 3.96. The minimum Gasteiger partial charge on any atom is -0.481 e. The third kappa shape index (κ3) is 8.79. The first-order valence-corrected chi connectivity index (χ1v) is 12.7. The number of hydrogen-bond acceptors (Lipinski definition) is 7. The molecule has 0 aliphatic rings. The van der Waals surface area contributed by atoms with Crippen molar-refractivity contribution in [1.29, 1.82) is 0 Å². The van der Waals surface area contributed by atoms with E-state index in [1.807, 2.05) is 18.2 Å². The Labute approximate surface area is 225 Å². The number of carbonyl (C=O) groups excluding carboxylic acids is 3. The first kappa shape index (κ1) is 31.2. The SMILES string of the molecule is CCC(C)C(NC(=O)C(Cc1c[nH]c2ccccc12)NC(=O)C(CCC(=O)O)NC(=O)C(N)C(C)O)C(=O)O. The number of aliphatic hydroxyl groups excluding tert-OH is 1. The average molecular weight is 548 g/mol. The van der Waals surface area contributed by atoms with Gasteiger partial charge in [-0.2, -0.15) is 0 Å². The van der Waals surface area contributed by atoms with Gasteiger partial charge in [0.2, 0.25) is 17.7 Å². The van der Waals surface area contributed by atoms with Gasteiger partial charge in [-0.15, -0.1) is 0 Å². The molecule has 13 nitrogen and oxygen atoms in total. The average Bonchev–Trinajstić information content (AvgIpc) is 3.30. The van der Waals surface area contributed by atoms with Crippen LogP contribution >= 0.6 is 0 Å². The van der Waals surface area contributed by atoms with Gasteiger partial charge in [0.15, 0.2) is 0 Å². The Hall–Kier alpha value is -3.97.